The zero-order valence-corrected chi connectivity index (χ0v) is 22.2. The van der Waals surface area contributed by atoms with E-state index in [1.807, 2.05) is 38.1 Å². The fraction of sp³-hybridized carbons (Fsp3) is 0.429. The van der Waals surface area contributed by atoms with Crippen LogP contribution in [0, 0.1) is 0 Å². The summed E-state index contributed by atoms with van der Waals surface area (Å²) in [7, 11) is 0. The number of likely N-dealkylation sites (N-methyl/N-ethyl adjacent to an activating group) is 1. The van der Waals surface area contributed by atoms with Gasteiger partial charge < -0.3 is 26.1 Å². The number of nitrogens with zero attached hydrogens (tertiary/aromatic N) is 3. The van der Waals surface area contributed by atoms with Crippen LogP contribution in [0.4, 0.5) is 5.82 Å². The number of rotatable bonds is 9. The average molecular weight is 521 g/mol. The first kappa shape index (κ1) is 27.3. The molecular formula is C28H36N6O4. The molecule has 1 fully saturated rings. The third-order valence-corrected chi connectivity index (χ3v) is 7.30. The number of pyridine rings is 2. The molecular weight excluding hydrogens is 484 g/mol. The third-order valence-electron chi connectivity index (χ3n) is 7.30. The predicted molar refractivity (Wildman–Crippen MR) is 147 cm³/mol. The summed E-state index contributed by atoms with van der Waals surface area (Å²) < 4.78 is 7.20. The minimum atomic E-state index is -0.852. The molecule has 38 heavy (non-hydrogen) atoms. The van der Waals surface area contributed by atoms with Crippen LogP contribution < -0.4 is 22.2 Å². The summed E-state index contributed by atoms with van der Waals surface area (Å²) in [4.78, 5) is 44.4. The lowest BCUT2D eigenvalue weighted by Crippen LogP contribution is -2.51. The first-order valence-corrected chi connectivity index (χ1v) is 13.0. The molecule has 1 saturated heterocycles. The predicted octanol–water partition coefficient (Wildman–Crippen LogP) is 1.63. The van der Waals surface area contributed by atoms with Crippen LogP contribution in [0.3, 0.4) is 0 Å². The van der Waals surface area contributed by atoms with Gasteiger partial charge in [0.15, 0.2) is 0 Å². The van der Waals surface area contributed by atoms with Crippen molar-refractivity contribution in [1.82, 2.24) is 19.8 Å². The lowest BCUT2D eigenvalue weighted by atomic mass is 9.97. The highest BCUT2D eigenvalue weighted by molar-refractivity contribution is 6.00. The largest absolute Gasteiger partial charge is 0.384 e. The fourth-order valence-electron chi connectivity index (χ4n) is 4.98. The standard InChI is InChI=1S/C28H36N6O4/c1-4-33-12-13-38-16-21(33)15-31-28(37)17(3)19-8-6-18(7-9-19)14-20-10-11-22-24(35)23(26(30)36)25(29)34(5-2)27(22)32-20/h6-11,17,21H,4-5,12-16,29H2,1-3H3,(H2,30,36)(H,31,37). The summed E-state index contributed by atoms with van der Waals surface area (Å²) in [6.07, 6.45) is 0.528. The van der Waals surface area contributed by atoms with Gasteiger partial charge in [0.2, 0.25) is 11.3 Å². The Morgan fingerprint density at radius 2 is 1.89 bits per heavy atom. The number of carbonyl (C=O) groups is 2. The van der Waals surface area contributed by atoms with Gasteiger partial charge in [0.05, 0.1) is 30.6 Å². The summed E-state index contributed by atoms with van der Waals surface area (Å²) in [6, 6.07) is 11.5. The van der Waals surface area contributed by atoms with Gasteiger partial charge >= 0.3 is 0 Å². The van der Waals surface area contributed by atoms with Gasteiger partial charge in [-0.05, 0) is 43.7 Å². The first-order valence-electron chi connectivity index (χ1n) is 13.0. The van der Waals surface area contributed by atoms with Crippen molar-refractivity contribution in [3.63, 3.8) is 0 Å². The second kappa shape index (κ2) is 11.7. The molecule has 1 aliphatic heterocycles. The molecule has 202 valence electrons. The summed E-state index contributed by atoms with van der Waals surface area (Å²) in [5.74, 6) is -1.13. The molecule has 4 rings (SSSR count). The van der Waals surface area contributed by atoms with Gasteiger partial charge in [-0.25, -0.2) is 4.98 Å². The number of nitrogen functional groups attached to an aromatic ring is 1. The number of nitrogens with one attached hydrogen (secondary N) is 1. The number of primary amides is 1. The number of anilines is 1. The van der Waals surface area contributed by atoms with E-state index < -0.39 is 11.3 Å². The molecule has 1 aromatic carbocycles. The summed E-state index contributed by atoms with van der Waals surface area (Å²) in [5, 5.41) is 3.38. The molecule has 0 saturated carbocycles. The van der Waals surface area contributed by atoms with Gasteiger partial charge in [-0.1, -0.05) is 31.2 Å². The van der Waals surface area contributed by atoms with E-state index in [-0.39, 0.29) is 29.2 Å². The van der Waals surface area contributed by atoms with Gasteiger partial charge in [0.25, 0.3) is 5.91 Å². The molecule has 2 amide bonds. The van der Waals surface area contributed by atoms with Crippen LogP contribution in [-0.2, 0) is 22.5 Å². The highest BCUT2D eigenvalue weighted by Crippen LogP contribution is 2.21. The maximum Gasteiger partial charge on any atom is 0.256 e. The van der Waals surface area contributed by atoms with Gasteiger partial charge in [0.1, 0.15) is 17.0 Å². The highest BCUT2D eigenvalue weighted by Gasteiger charge is 2.24. The van der Waals surface area contributed by atoms with E-state index in [2.05, 4.69) is 22.1 Å². The molecule has 2 atom stereocenters. The van der Waals surface area contributed by atoms with Crippen molar-refractivity contribution in [2.24, 2.45) is 5.73 Å². The number of nitrogens with two attached hydrogens (primary N) is 2. The molecule has 1 aliphatic rings. The molecule has 0 bridgehead atoms. The quantitative estimate of drug-likeness (QED) is 0.389. The Hall–Kier alpha value is -3.76. The number of hydrogen-bond acceptors (Lipinski definition) is 7. The normalized spacial score (nSPS) is 16.9. The molecule has 2 aromatic heterocycles. The van der Waals surface area contributed by atoms with Crippen LogP contribution in [-0.4, -0.2) is 65.2 Å². The minimum Gasteiger partial charge on any atom is -0.384 e. The number of benzene rings is 1. The van der Waals surface area contributed by atoms with E-state index in [9.17, 15) is 14.4 Å². The zero-order valence-electron chi connectivity index (χ0n) is 22.2. The molecule has 0 spiro atoms. The zero-order chi connectivity index (χ0) is 27.4. The number of fused-ring (bicyclic) bond motifs is 1. The van der Waals surface area contributed by atoms with E-state index in [4.69, 9.17) is 16.2 Å². The molecule has 3 heterocycles. The summed E-state index contributed by atoms with van der Waals surface area (Å²) in [5.41, 5.74) is 13.9. The van der Waals surface area contributed by atoms with Gasteiger partial charge in [-0.3, -0.25) is 19.3 Å². The number of morpholine rings is 1. The number of amides is 2. The Morgan fingerprint density at radius 1 is 1.16 bits per heavy atom. The number of carbonyl (C=O) groups excluding carboxylic acids is 2. The average Bonchev–Trinajstić information content (AvgIpc) is 2.92. The van der Waals surface area contributed by atoms with Gasteiger partial charge in [-0.15, -0.1) is 0 Å². The lowest BCUT2D eigenvalue weighted by Gasteiger charge is -2.34. The van der Waals surface area contributed by atoms with Crippen LogP contribution >= 0.6 is 0 Å². The Kier molecular flexibility index (Phi) is 8.43. The van der Waals surface area contributed by atoms with Crippen molar-refractivity contribution < 1.29 is 14.3 Å². The number of aromatic nitrogens is 2. The second-order valence-corrected chi connectivity index (χ2v) is 9.61. The maximum atomic E-state index is 12.8. The smallest absolute Gasteiger partial charge is 0.256 e. The van der Waals surface area contributed by atoms with E-state index in [1.165, 1.54) is 0 Å². The van der Waals surface area contributed by atoms with E-state index in [0.717, 1.165) is 36.5 Å². The van der Waals surface area contributed by atoms with Crippen LogP contribution in [0.2, 0.25) is 0 Å². The molecule has 2 unspecified atom stereocenters. The Bertz CT molecular complexity index is 1380. The minimum absolute atomic E-state index is 0.0129. The van der Waals surface area contributed by atoms with Crippen molar-refractivity contribution in [2.75, 3.05) is 38.6 Å². The summed E-state index contributed by atoms with van der Waals surface area (Å²) in [6.45, 7) is 10.1. The van der Waals surface area contributed by atoms with Crippen molar-refractivity contribution in [3.05, 3.63) is 69.0 Å². The number of ether oxygens (including phenoxy) is 1. The van der Waals surface area contributed by atoms with Crippen LogP contribution in [0.25, 0.3) is 11.0 Å². The van der Waals surface area contributed by atoms with E-state index in [0.29, 0.717) is 37.2 Å². The van der Waals surface area contributed by atoms with Crippen molar-refractivity contribution >= 4 is 28.7 Å². The van der Waals surface area contributed by atoms with Gasteiger partial charge in [0, 0.05) is 31.7 Å². The first-order chi connectivity index (χ1) is 18.2. The Morgan fingerprint density at radius 3 is 2.55 bits per heavy atom. The fourth-order valence-corrected chi connectivity index (χ4v) is 4.98. The molecule has 10 heteroatoms. The van der Waals surface area contributed by atoms with E-state index >= 15 is 0 Å². The van der Waals surface area contributed by atoms with Crippen molar-refractivity contribution in [1.29, 1.82) is 0 Å². The van der Waals surface area contributed by atoms with Crippen molar-refractivity contribution in [2.45, 2.75) is 45.7 Å². The summed E-state index contributed by atoms with van der Waals surface area (Å²) >= 11 is 0. The monoisotopic (exact) mass is 520 g/mol. The second-order valence-electron chi connectivity index (χ2n) is 9.61. The lowest BCUT2D eigenvalue weighted by molar-refractivity contribution is -0.122. The topological polar surface area (TPSA) is 146 Å². The number of hydrogen-bond donors (Lipinski definition) is 3. The molecule has 3 aromatic rings. The molecule has 10 nitrogen and oxygen atoms in total. The molecule has 5 N–H and O–H groups in total. The third kappa shape index (κ3) is 5.56. The number of aryl methyl sites for hydroxylation is 1. The van der Waals surface area contributed by atoms with Crippen LogP contribution in [0.15, 0.2) is 41.2 Å². The van der Waals surface area contributed by atoms with E-state index in [1.54, 1.807) is 16.7 Å². The highest BCUT2D eigenvalue weighted by atomic mass is 16.5. The molecule has 0 aliphatic carbocycles. The molecule has 0 radical (unpaired) electrons. The van der Waals surface area contributed by atoms with Crippen LogP contribution in [0.5, 0.6) is 0 Å². The SMILES string of the molecule is CCN1CCOCC1CNC(=O)C(C)c1ccc(Cc2ccc3c(=O)c(C(N)=O)c(N)n(CC)c3n2)cc1. The van der Waals surface area contributed by atoms with Crippen molar-refractivity contribution in [3.8, 4) is 0 Å². The van der Waals surface area contributed by atoms with Gasteiger partial charge in [-0.2, -0.15) is 0 Å². The Labute approximate surface area is 222 Å². The van der Waals surface area contributed by atoms with Crippen LogP contribution in [0.1, 0.15) is 53.9 Å². The Balaban J connectivity index is 1.46. The maximum absolute atomic E-state index is 12.8.